The molecule has 0 aliphatic carbocycles. The zero-order chi connectivity index (χ0) is 17.6. The van der Waals surface area contributed by atoms with E-state index in [0.29, 0.717) is 37.6 Å². The van der Waals surface area contributed by atoms with Gasteiger partial charge in [0, 0.05) is 31.7 Å². The van der Waals surface area contributed by atoms with Crippen LogP contribution < -0.4 is 14.8 Å². The standard InChI is InChI=1S/C17H26N2O5/c1-23-14-6-3-5-13(15(14)24-2)11-19-9-4-7-17(22,16(19)21)12-18-8-10-20/h3,5-6,18,20,22H,4,7-12H2,1-2H3. The molecule has 1 aromatic carbocycles. The van der Waals surface area contributed by atoms with Gasteiger partial charge in [0.2, 0.25) is 0 Å². The van der Waals surface area contributed by atoms with E-state index in [4.69, 9.17) is 14.6 Å². The Morgan fingerprint density at radius 1 is 1.33 bits per heavy atom. The summed E-state index contributed by atoms with van der Waals surface area (Å²) in [6.07, 6.45) is 1.13. The number of benzene rings is 1. The monoisotopic (exact) mass is 338 g/mol. The van der Waals surface area contributed by atoms with Gasteiger partial charge in [-0.2, -0.15) is 0 Å². The first kappa shape index (κ1) is 18.5. The van der Waals surface area contributed by atoms with Gasteiger partial charge in [0.05, 0.1) is 20.8 Å². The minimum absolute atomic E-state index is 0.0327. The van der Waals surface area contributed by atoms with Crippen molar-refractivity contribution in [3.63, 3.8) is 0 Å². The van der Waals surface area contributed by atoms with E-state index < -0.39 is 5.60 Å². The molecular formula is C17H26N2O5. The first-order valence-electron chi connectivity index (χ1n) is 8.09. The summed E-state index contributed by atoms with van der Waals surface area (Å²) in [6.45, 7) is 1.38. The number of likely N-dealkylation sites (tertiary alicyclic amines) is 1. The molecule has 1 atom stereocenters. The summed E-state index contributed by atoms with van der Waals surface area (Å²) in [4.78, 5) is 14.3. The number of nitrogens with one attached hydrogen (secondary N) is 1. The van der Waals surface area contributed by atoms with Gasteiger partial charge in [-0.3, -0.25) is 4.79 Å². The van der Waals surface area contributed by atoms with E-state index in [1.54, 1.807) is 25.2 Å². The molecule has 134 valence electrons. The molecule has 7 nitrogen and oxygen atoms in total. The smallest absolute Gasteiger partial charge is 0.256 e. The number of aliphatic hydroxyl groups excluding tert-OH is 1. The second-order valence-electron chi connectivity index (χ2n) is 5.91. The SMILES string of the molecule is COc1cccc(CN2CCCC(O)(CNCCO)C2=O)c1OC. The molecule has 1 saturated heterocycles. The molecule has 2 rings (SSSR count). The Kier molecular flexibility index (Phi) is 6.42. The van der Waals surface area contributed by atoms with Crippen molar-refractivity contribution in [3.8, 4) is 11.5 Å². The van der Waals surface area contributed by atoms with Crippen molar-refractivity contribution >= 4 is 5.91 Å². The van der Waals surface area contributed by atoms with Crippen LogP contribution in [0.1, 0.15) is 18.4 Å². The van der Waals surface area contributed by atoms with Gasteiger partial charge in [-0.05, 0) is 18.9 Å². The largest absolute Gasteiger partial charge is 0.493 e. The van der Waals surface area contributed by atoms with Gasteiger partial charge in [-0.15, -0.1) is 0 Å². The van der Waals surface area contributed by atoms with Crippen LogP contribution in [0, 0.1) is 0 Å². The molecule has 1 aliphatic heterocycles. The number of aliphatic hydroxyl groups is 2. The summed E-state index contributed by atoms with van der Waals surface area (Å²) in [5.41, 5.74) is -0.600. The summed E-state index contributed by atoms with van der Waals surface area (Å²) in [5.74, 6) is 0.906. The van der Waals surface area contributed by atoms with E-state index in [2.05, 4.69) is 5.32 Å². The highest BCUT2D eigenvalue weighted by atomic mass is 16.5. The lowest BCUT2D eigenvalue weighted by Crippen LogP contribution is -2.57. The first-order valence-corrected chi connectivity index (χ1v) is 8.09. The van der Waals surface area contributed by atoms with Crippen LogP contribution in [0.5, 0.6) is 11.5 Å². The van der Waals surface area contributed by atoms with Crippen LogP contribution >= 0.6 is 0 Å². The zero-order valence-corrected chi connectivity index (χ0v) is 14.2. The number of nitrogens with zero attached hydrogens (tertiary/aromatic N) is 1. The summed E-state index contributed by atoms with van der Waals surface area (Å²) in [5, 5.41) is 22.4. The molecule has 1 unspecified atom stereocenters. The fourth-order valence-electron chi connectivity index (χ4n) is 3.04. The number of hydrogen-bond acceptors (Lipinski definition) is 6. The van der Waals surface area contributed by atoms with Crippen molar-refractivity contribution in [1.29, 1.82) is 0 Å². The molecule has 1 amide bonds. The van der Waals surface area contributed by atoms with Crippen LogP contribution in [0.15, 0.2) is 18.2 Å². The zero-order valence-electron chi connectivity index (χ0n) is 14.2. The van der Waals surface area contributed by atoms with E-state index in [0.717, 1.165) is 12.0 Å². The minimum Gasteiger partial charge on any atom is -0.493 e. The molecule has 3 N–H and O–H groups in total. The fraction of sp³-hybridized carbons (Fsp3) is 0.588. The molecule has 7 heteroatoms. The molecular weight excluding hydrogens is 312 g/mol. The molecule has 1 aromatic rings. The quantitative estimate of drug-likeness (QED) is 0.584. The Bertz CT molecular complexity index is 566. The Morgan fingerprint density at radius 2 is 2.12 bits per heavy atom. The number of ether oxygens (including phenoxy) is 2. The third-order valence-corrected chi connectivity index (χ3v) is 4.26. The van der Waals surface area contributed by atoms with Gasteiger partial charge in [0.15, 0.2) is 17.1 Å². The summed E-state index contributed by atoms with van der Waals surface area (Å²) < 4.78 is 10.7. The van der Waals surface area contributed by atoms with E-state index in [1.807, 2.05) is 12.1 Å². The van der Waals surface area contributed by atoms with Crippen molar-refractivity contribution in [2.45, 2.75) is 25.0 Å². The van der Waals surface area contributed by atoms with Crippen LogP contribution in [-0.4, -0.2) is 67.1 Å². The first-order chi connectivity index (χ1) is 11.6. The van der Waals surface area contributed by atoms with Gasteiger partial charge in [-0.1, -0.05) is 12.1 Å². The Hall–Kier alpha value is -1.83. The highest BCUT2D eigenvalue weighted by Crippen LogP contribution is 2.33. The molecule has 0 radical (unpaired) electrons. The van der Waals surface area contributed by atoms with Crippen molar-refractivity contribution in [1.82, 2.24) is 10.2 Å². The van der Waals surface area contributed by atoms with Crippen molar-refractivity contribution < 1.29 is 24.5 Å². The second kappa shape index (κ2) is 8.32. The fourth-order valence-corrected chi connectivity index (χ4v) is 3.04. The summed E-state index contributed by atoms with van der Waals surface area (Å²) in [7, 11) is 3.13. The maximum atomic E-state index is 12.7. The number of carbonyl (C=O) groups is 1. The maximum absolute atomic E-state index is 12.7. The van der Waals surface area contributed by atoms with Gasteiger partial charge >= 0.3 is 0 Å². The van der Waals surface area contributed by atoms with Crippen molar-refractivity contribution in [3.05, 3.63) is 23.8 Å². The molecule has 0 aromatic heterocycles. The Labute approximate surface area is 142 Å². The molecule has 1 fully saturated rings. The number of methoxy groups -OCH3 is 2. The topological polar surface area (TPSA) is 91.3 Å². The Morgan fingerprint density at radius 3 is 2.79 bits per heavy atom. The minimum atomic E-state index is -1.43. The lowest BCUT2D eigenvalue weighted by molar-refractivity contribution is -0.157. The van der Waals surface area contributed by atoms with E-state index in [9.17, 15) is 9.90 Å². The van der Waals surface area contributed by atoms with Crippen LogP contribution in [0.25, 0.3) is 0 Å². The summed E-state index contributed by atoms with van der Waals surface area (Å²) >= 11 is 0. The average Bonchev–Trinajstić information content (AvgIpc) is 2.59. The average molecular weight is 338 g/mol. The van der Waals surface area contributed by atoms with Crippen LogP contribution in [-0.2, 0) is 11.3 Å². The number of piperidine rings is 1. The number of rotatable bonds is 8. The lowest BCUT2D eigenvalue weighted by atomic mass is 9.91. The third-order valence-electron chi connectivity index (χ3n) is 4.26. The second-order valence-corrected chi connectivity index (χ2v) is 5.91. The van der Waals surface area contributed by atoms with E-state index in [1.165, 1.54) is 0 Å². The Balaban J connectivity index is 2.13. The molecule has 0 saturated carbocycles. The maximum Gasteiger partial charge on any atom is 0.256 e. The normalized spacial score (nSPS) is 21.0. The molecule has 0 bridgehead atoms. The summed E-state index contributed by atoms with van der Waals surface area (Å²) in [6, 6.07) is 5.53. The molecule has 1 heterocycles. The number of carbonyl (C=O) groups excluding carboxylic acids is 1. The van der Waals surface area contributed by atoms with Gasteiger partial charge in [0.25, 0.3) is 5.91 Å². The van der Waals surface area contributed by atoms with E-state index >= 15 is 0 Å². The van der Waals surface area contributed by atoms with Crippen molar-refractivity contribution in [2.75, 3.05) is 40.5 Å². The van der Waals surface area contributed by atoms with Gasteiger partial charge in [-0.25, -0.2) is 0 Å². The number of amides is 1. The van der Waals surface area contributed by atoms with Gasteiger partial charge < -0.3 is 29.9 Å². The number of para-hydroxylation sites is 1. The third kappa shape index (κ3) is 3.98. The van der Waals surface area contributed by atoms with Crippen LogP contribution in [0.3, 0.4) is 0 Å². The molecule has 1 aliphatic rings. The van der Waals surface area contributed by atoms with Crippen LogP contribution in [0.2, 0.25) is 0 Å². The lowest BCUT2D eigenvalue weighted by Gasteiger charge is -2.38. The van der Waals surface area contributed by atoms with Gasteiger partial charge in [0.1, 0.15) is 0 Å². The molecule has 24 heavy (non-hydrogen) atoms. The highest BCUT2D eigenvalue weighted by Gasteiger charge is 2.41. The predicted octanol–water partition coefficient (Wildman–Crippen LogP) is 0.139. The highest BCUT2D eigenvalue weighted by molar-refractivity contribution is 5.86. The van der Waals surface area contributed by atoms with Crippen molar-refractivity contribution in [2.24, 2.45) is 0 Å². The number of hydrogen-bond donors (Lipinski definition) is 3. The van der Waals surface area contributed by atoms with E-state index in [-0.39, 0.29) is 19.1 Å². The molecule has 0 spiro atoms. The predicted molar refractivity (Wildman–Crippen MR) is 89.1 cm³/mol. The van der Waals surface area contributed by atoms with Crippen LogP contribution in [0.4, 0.5) is 0 Å².